The predicted octanol–water partition coefficient (Wildman–Crippen LogP) is 4.82. The maximum atomic E-state index is 14.9. The van der Waals surface area contributed by atoms with Crippen molar-refractivity contribution in [2.75, 3.05) is 44.9 Å². The van der Waals surface area contributed by atoms with E-state index in [1.165, 1.54) is 13.2 Å². The second-order valence-corrected chi connectivity index (χ2v) is 9.61. The zero-order chi connectivity index (χ0) is 28.3. The number of hydrogen-bond donors (Lipinski definition) is 3. The summed E-state index contributed by atoms with van der Waals surface area (Å²) in [4.78, 5) is 22.2. The van der Waals surface area contributed by atoms with Crippen LogP contribution >= 0.6 is 0 Å². The van der Waals surface area contributed by atoms with Crippen molar-refractivity contribution in [3.63, 3.8) is 0 Å². The number of nitrogens with zero attached hydrogens (tertiary/aromatic N) is 3. The number of nitrogens with one attached hydrogen (secondary N) is 3. The smallest absolute Gasteiger partial charge is 0.421 e. The molecule has 2 aromatic carbocycles. The first-order valence-corrected chi connectivity index (χ1v) is 12.3. The van der Waals surface area contributed by atoms with Gasteiger partial charge in [-0.3, -0.25) is 4.79 Å². The van der Waals surface area contributed by atoms with Crippen molar-refractivity contribution in [2.45, 2.75) is 31.5 Å². The van der Waals surface area contributed by atoms with E-state index in [-0.39, 0.29) is 40.7 Å². The molecule has 0 unspecified atom stereocenters. The maximum absolute atomic E-state index is 14.9. The minimum absolute atomic E-state index is 0.0423. The number of benzene rings is 2. The summed E-state index contributed by atoms with van der Waals surface area (Å²) in [5, 5.41) is 8.31. The molecule has 0 saturated carbocycles. The Balaban J connectivity index is 1.59. The second kappa shape index (κ2) is 11.4. The molecule has 39 heavy (non-hydrogen) atoms. The van der Waals surface area contributed by atoms with Gasteiger partial charge in [-0.1, -0.05) is 31.2 Å². The monoisotopic (exact) mass is 546 g/mol. The molecular formula is C27H30F4N6O2. The van der Waals surface area contributed by atoms with Gasteiger partial charge in [0.25, 0.3) is 5.91 Å². The molecule has 8 nitrogen and oxygen atoms in total. The maximum Gasteiger partial charge on any atom is 0.421 e. The molecular weight excluding hydrogens is 516 g/mol. The van der Waals surface area contributed by atoms with Gasteiger partial charge in [-0.15, -0.1) is 0 Å². The van der Waals surface area contributed by atoms with Gasteiger partial charge in [-0.2, -0.15) is 18.2 Å². The number of aromatic nitrogens is 2. The Morgan fingerprint density at radius 2 is 1.95 bits per heavy atom. The van der Waals surface area contributed by atoms with Crippen LogP contribution in [0, 0.1) is 5.82 Å². The van der Waals surface area contributed by atoms with Gasteiger partial charge in [-0.25, -0.2) is 9.37 Å². The summed E-state index contributed by atoms with van der Waals surface area (Å²) in [5.74, 6) is -2.01. The van der Waals surface area contributed by atoms with E-state index in [2.05, 4.69) is 25.9 Å². The Hall–Kier alpha value is -3.93. The van der Waals surface area contributed by atoms with Gasteiger partial charge in [0.05, 0.1) is 18.4 Å². The van der Waals surface area contributed by atoms with E-state index in [0.29, 0.717) is 25.7 Å². The van der Waals surface area contributed by atoms with Crippen molar-refractivity contribution >= 4 is 23.4 Å². The van der Waals surface area contributed by atoms with Gasteiger partial charge in [0.2, 0.25) is 5.95 Å². The lowest BCUT2D eigenvalue weighted by Gasteiger charge is -2.22. The number of carbonyl (C=O) groups is 1. The Labute approximate surface area is 223 Å². The molecule has 1 aromatic heterocycles. The number of halogens is 4. The van der Waals surface area contributed by atoms with Gasteiger partial charge >= 0.3 is 6.18 Å². The molecule has 0 spiro atoms. The highest BCUT2D eigenvalue weighted by molar-refractivity contribution is 5.95. The molecule has 0 fully saturated rings. The number of rotatable bonds is 9. The fourth-order valence-corrected chi connectivity index (χ4v) is 4.51. The molecule has 0 radical (unpaired) electrons. The van der Waals surface area contributed by atoms with E-state index in [1.807, 2.05) is 50.2 Å². The zero-order valence-corrected chi connectivity index (χ0v) is 22.0. The van der Waals surface area contributed by atoms with Crippen LogP contribution in [0.3, 0.4) is 0 Å². The third kappa shape index (κ3) is 6.39. The Bertz CT molecular complexity index is 1350. The largest absolute Gasteiger partial charge is 0.495 e. The van der Waals surface area contributed by atoms with Crippen molar-refractivity contribution in [1.82, 2.24) is 20.2 Å². The standard InChI is InChI=1S/C27H30F4N6O2/c1-15-17-8-6-5-7-16(17)11-21(15)34-24-19(27(29,30)31)14-33-26(36-24)35-22-13-20(28)18(12-23(22)39-4)25(38)32-9-10-37(2)3/h5-8,12-15,21H,9-11H2,1-4H3,(H,32,38)(H2,33,34,35,36)/t15-,21-/m1/s1. The number of alkyl halides is 3. The van der Waals surface area contributed by atoms with Gasteiger partial charge in [0, 0.05) is 37.3 Å². The molecule has 2 atom stereocenters. The third-order valence-corrected chi connectivity index (χ3v) is 6.63. The number of ether oxygens (including phenoxy) is 1. The van der Waals surface area contributed by atoms with Crippen LogP contribution in [-0.2, 0) is 12.6 Å². The van der Waals surface area contributed by atoms with E-state index >= 15 is 0 Å². The lowest BCUT2D eigenvalue weighted by molar-refractivity contribution is -0.137. The minimum Gasteiger partial charge on any atom is -0.495 e. The molecule has 1 aliphatic rings. The van der Waals surface area contributed by atoms with Crippen LogP contribution in [0.4, 0.5) is 35.0 Å². The summed E-state index contributed by atoms with van der Waals surface area (Å²) >= 11 is 0. The summed E-state index contributed by atoms with van der Waals surface area (Å²) in [6.45, 7) is 2.83. The minimum atomic E-state index is -4.69. The van der Waals surface area contributed by atoms with Crippen LogP contribution in [0.25, 0.3) is 0 Å². The van der Waals surface area contributed by atoms with Crippen molar-refractivity contribution in [3.8, 4) is 5.75 Å². The first kappa shape index (κ1) is 28.1. The highest BCUT2D eigenvalue weighted by atomic mass is 19.4. The van der Waals surface area contributed by atoms with Gasteiger partial charge in [-0.05, 0) is 37.7 Å². The third-order valence-electron chi connectivity index (χ3n) is 6.63. The van der Waals surface area contributed by atoms with Crippen molar-refractivity contribution in [2.24, 2.45) is 0 Å². The van der Waals surface area contributed by atoms with Gasteiger partial charge < -0.3 is 25.6 Å². The number of amides is 1. The van der Waals surface area contributed by atoms with E-state index < -0.39 is 23.5 Å². The molecule has 4 rings (SSSR count). The molecule has 1 aliphatic carbocycles. The Morgan fingerprint density at radius 3 is 2.62 bits per heavy atom. The lowest BCUT2D eigenvalue weighted by Crippen LogP contribution is -2.31. The van der Waals surface area contributed by atoms with E-state index in [1.54, 1.807) is 0 Å². The summed E-state index contributed by atoms with van der Waals surface area (Å²) in [6.07, 6.45) is -3.47. The van der Waals surface area contributed by atoms with Crippen LogP contribution in [0.1, 0.15) is 39.9 Å². The SMILES string of the molecule is COc1cc(C(=O)NCCN(C)C)c(F)cc1Nc1ncc(C(F)(F)F)c(N[C@@H]2Cc3ccccc3[C@H]2C)n1. The second-order valence-electron chi connectivity index (χ2n) is 9.61. The van der Waals surface area contributed by atoms with Crippen LogP contribution in [0.5, 0.6) is 5.75 Å². The van der Waals surface area contributed by atoms with Crippen LogP contribution < -0.4 is 20.7 Å². The quantitative estimate of drug-likeness (QED) is 0.332. The fourth-order valence-electron chi connectivity index (χ4n) is 4.51. The predicted molar refractivity (Wildman–Crippen MR) is 140 cm³/mol. The lowest BCUT2D eigenvalue weighted by atomic mass is 10.0. The number of carbonyl (C=O) groups excluding carboxylic acids is 1. The number of fused-ring (bicyclic) bond motifs is 1. The molecule has 3 aromatic rings. The average Bonchev–Trinajstić information content (AvgIpc) is 3.18. The highest BCUT2D eigenvalue weighted by Crippen LogP contribution is 2.39. The summed E-state index contributed by atoms with van der Waals surface area (Å²) in [6, 6.07) is 9.63. The molecule has 0 bridgehead atoms. The number of hydrogen-bond acceptors (Lipinski definition) is 7. The summed E-state index contributed by atoms with van der Waals surface area (Å²) in [5.41, 5.74) is 0.935. The topological polar surface area (TPSA) is 91.4 Å². The molecule has 0 saturated heterocycles. The van der Waals surface area contributed by atoms with E-state index in [9.17, 15) is 22.4 Å². The normalized spacial score (nSPS) is 16.6. The Morgan fingerprint density at radius 1 is 1.21 bits per heavy atom. The highest BCUT2D eigenvalue weighted by Gasteiger charge is 2.37. The number of anilines is 3. The van der Waals surface area contributed by atoms with Gasteiger partial charge in [0.15, 0.2) is 0 Å². The average molecular weight is 547 g/mol. The first-order valence-electron chi connectivity index (χ1n) is 12.3. The van der Waals surface area contributed by atoms with Crippen molar-refractivity contribution in [3.05, 3.63) is 70.7 Å². The fraction of sp³-hybridized carbons (Fsp3) is 0.370. The number of likely N-dealkylation sites (N-methyl/N-ethyl adjacent to an activating group) is 1. The zero-order valence-electron chi connectivity index (χ0n) is 22.0. The molecule has 3 N–H and O–H groups in total. The van der Waals surface area contributed by atoms with Crippen LogP contribution in [0.15, 0.2) is 42.6 Å². The van der Waals surface area contributed by atoms with Gasteiger partial charge in [0.1, 0.15) is 22.9 Å². The van der Waals surface area contributed by atoms with Crippen LogP contribution in [0.2, 0.25) is 0 Å². The molecule has 12 heteroatoms. The summed E-state index contributed by atoms with van der Waals surface area (Å²) < 4.78 is 61.6. The molecule has 1 heterocycles. The van der Waals surface area contributed by atoms with E-state index in [0.717, 1.165) is 17.2 Å². The van der Waals surface area contributed by atoms with Crippen LogP contribution in [-0.4, -0.2) is 61.1 Å². The summed E-state index contributed by atoms with van der Waals surface area (Å²) in [7, 11) is 5.01. The number of methoxy groups -OCH3 is 1. The Kier molecular flexibility index (Phi) is 8.24. The molecule has 1 amide bonds. The molecule has 208 valence electrons. The molecule has 0 aliphatic heterocycles. The van der Waals surface area contributed by atoms with Crippen molar-refractivity contribution in [1.29, 1.82) is 0 Å². The van der Waals surface area contributed by atoms with E-state index in [4.69, 9.17) is 4.74 Å². The first-order chi connectivity index (χ1) is 18.5. The van der Waals surface area contributed by atoms with Crippen molar-refractivity contribution < 1.29 is 27.1 Å².